The molecule has 0 aliphatic carbocycles. The number of anilines is 1. The number of halogens is 3. The van der Waals surface area contributed by atoms with Crippen LogP contribution in [0.5, 0.6) is 5.75 Å². The number of carbonyl (C=O) groups excluding carboxylic acids is 2. The molecule has 6 nitrogen and oxygen atoms in total. The summed E-state index contributed by atoms with van der Waals surface area (Å²) in [6, 6.07) is 8.71. The molecule has 1 amide bonds. The molecular weight excluding hydrogens is 456 g/mol. The third-order valence-electron chi connectivity index (χ3n) is 5.15. The number of furan rings is 1. The van der Waals surface area contributed by atoms with Crippen LogP contribution in [-0.2, 0) is 9.59 Å². The highest BCUT2D eigenvalue weighted by atomic mass is 35.5. The summed E-state index contributed by atoms with van der Waals surface area (Å²) in [6.45, 7) is 3.75. The Bertz CT molecular complexity index is 1300. The molecule has 33 heavy (non-hydrogen) atoms. The van der Waals surface area contributed by atoms with E-state index in [1.54, 1.807) is 26.0 Å². The second-order valence-electron chi connectivity index (χ2n) is 7.29. The lowest BCUT2D eigenvalue weighted by molar-refractivity contribution is -0.132. The lowest BCUT2D eigenvalue weighted by atomic mass is 9.99. The minimum absolute atomic E-state index is 0.0357. The minimum atomic E-state index is -1.36. The number of hydrogen-bond acceptors (Lipinski definition) is 5. The number of carbonyl (C=O) groups is 2. The fourth-order valence-corrected chi connectivity index (χ4v) is 3.92. The van der Waals surface area contributed by atoms with Gasteiger partial charge in [-0.25, -0.2) is 8.78 Å². The molecule has 1 N–H and O–H groups in total. The molecule has 1 atom stereocenters. The van der Waals surface area contributed by atoms with E-state index in [0.717, 1.165) is 23.1 Å². The van der Waals surface area contributed by atoms with Gasteiger partial charge in [-0.05, 0) is 56.3 Å². The smallest absolute Gasteiger partial charge is 0.300 e. The van der Waals surface area contributed by atoms with Gasteiger partial charge in [0.15, 0.2) is 0 Å². The van der Waals surface area contributed by atoms with Crippen LogP contribution in [0.25, 0.3) is 5.76 Å². The average molecular weight is 474 g/mol. The number of amides is 1. The van der Waals surface area contributed by atoms with Gasteiger partial charge in [-0.15, -0.1) is 0 Å². The summed E-state index contributed by atoms with van der Waals surface area (Å²) in [5.74, 6) is -3.69. The van der Waals surface area contributed by atoms with Crippen molar-refractivity contribution >= 4 is 34.7 Å². The number of aliphatic hydroxyl groups is 1. The van der Waals surface area contributed by atoms with Gasteiger partial charge in [0.05, 0.1) is 22.9 Å². The topological polar surface area (TPSA) is 80.0 Å². The highest BCUT2D eigenvalue weighted by molar-refractivity contribution is 6.52. The van der Waals surface area contributed by atoms with Crippen molar-refractivity contribution in [3.05, 3.63) is 87.8 Å². The van der Waals surface area contributed by atoms with E-state index in [2.05, 4.69) is 0 Å². The molecule has 1 aliphatic heterocycles. The van der Waals surface area contributed by atoms with Gasteiger partial charge in [0.1, 0.15) is 40.7 Å². The van der Waals surface area contributed by atoms with Gasteiger partial charge in [-0.1, -0.05) is 11.6 Å². The molecule has 2 aromatic carbocycles. The SMILES string of the molecule is CCOc1ccc(Cl)c(/C(O)=C2/C(=O)C(=O)N(c3cc(F)ccc3F)C2c2ccc(C)o2)c1. The van der Waals surface area contributed by atoms with Gasteiger partial charge in [-0.2, -0.15) is 0 Å². The highest BCUT2D eigenvalue weighted by Crippen LogP contribution is 2.44. The van der Waals surface area contributed by atoms with Gasteiger partial charge in [0.2, 0.25) is 0 Å². The summed E-state index contributed by atoms with van der Waals surface area (Å²) >= 11 is 6.26. The van der Waals surface area contributed by atoms with Gasteiger partial charge in [-0.3, -0.25) is 14.5 Å². The predicted molar refractivity (Wildman–Crippen MR) is 117 cm³/mol. The van der Waals surface area contributed by atoms with Crippen molar-refractivity contribution in [2.75, 3.05) is 11.5 Å². The lowest BCUT2D eigenvalue weighted by Gasteiger charge is -2.24. The quantitative estimate of drug-likeness (QED) is 0.299. The maximum Gasteiger partial charge on any atom is 0.300 e. The number of benzene rings is 2. The van der Waals surface area contributed by atoms with Gasteiger partial charge in [0.25, 0.3) is 11.7 Å². The van der Waals surface area contributed by atoms with Crippen LogP contribution in [0.1, 0.15) is 30.0 Å². The molecule has 1 aliphatic rings. The number of ketones is 1. The lowest BCUT2D eigenvalue weighted by Crippen LogP contribution is -2.30. The molecule has 2 heterocycles. The minimum Gasteiger partial charge on any atom is -0.507 e. The number of nitrogens with zero attached hydrogens (tertiary/aromatic N) is 1. The third kappa shape index (κ3) is 3.98. The van der Waals surface area contributed by atoms with Crippen molar-refractivity contribution in [3.63, 3.8) is 0 Å². The first-order chi connectivity index (χ1) is 15.7. The van der Waals surface area contributed by atoms with E-state index < -0.39 is 40.8 Å². The molecule has 1 aromatic heterocycles. The predicted octanol–water partition coefficient (Wildman–Crippen LogP) is 5.54. The Kier molecular flexibility index (Phi) is 5.95. The van der Waals surface area contributed by atoms with E-state index in [1.807, 2.05) is 0 Å². The zero-order chi connectivity index (χ0) is 23.9. The van der Waals surface area contributed by atoms with Crippen LogP contribution in [-0.4, -0.2) is 23.4 Å². The molecule has 0 bridgehead atoms. The van der Waals surface area contributed by atoms with E-state index in [-0.39, 0.29) is 21.9 Å². The molecule has 9 heteroatoms. The number of ether oxygens (including phenoxy) is 1. The largest absolute Gasteiger partial charge is 0.507 e. The van der Waals surface area contributed by atoms with E-state index in [9.17, 15) is 23.5 Å². The van der Waals surface area contributed by atoms with E-state index >= 15 is 0 Å². The fraction of sp³-hybridized carbons (Fsp3) is 0.167. The summed E-state index contributed by atoms with van der Waals surface area (Å²) in [6.07, 6.45) is 0. The maximum absolute atomic E-state index is 14.7. The molecule has 0 radical (unpaired) electrons. The monoisotopic (exact) mass is 473 g/mol. The Morgan fingerprint density at radius 3 is 2.58 bits per heavy atom. The van der Waals surface area contributed by atoms with Gasteiger partial charge < -0.3 is 14.3 Å². The molecule has 3 aromatic rings. The zero-order valence-electron chi connectivity index (χ0n) is 17.6. The van der Waals surface area contributed by atoms with Gasteiger partial charge >= 0.3 is 0 Å². The highest BCUT2D eigenvalue weighted by Gasteiger charge is 2.49. The van der Waals surface area contributed by atoms with Crippen molar-refractivity contribution < 1.29 is 32.6 Å². The van der Waals surface area contributed by atoms with Crippen molar-refractivity contribution in [3.8, 4) is 5.75 Å². The summed E-state index contributed by atoms with van der Waals surface area (Å²) in [7, 11) is 0. The fourth-order valence-electron chi connectivity index (χ4n) is 3.71. The van der Waals surface area contributed by atoms with Crippen LogP contribution in [0.3, 0.4) is 0 Å². The summed E-state index contributed by atoms with van der Waals surface area (Å²) in [5, 5.41) is 11.2. The third-order valence-corrected chi connectivity index (χ3v) is 5.48. The number of aliphatic hydroxyl groups excluding tert-OH is 1. The first-order valence-corrected chi connectivity index (χ1v) is 10.4. The molecule has 4 rings (SSSR count). The van der Waals surface area contributed by atoms with Crippen molar-refractivity contribution in [2.24, 2.45) is 0 Å². The standard InChI is InChI=1S/C24H18ClF2NO5/c1-3-32-14-6-7-16(25)15(11-14)22(29)20-21(19-9-4-12(2)33-19)28(24(31)23(20)30)18-10-13(26)5-8-17(18)27/h4-11,21,29H,3H2,1-2H3/b22-20-. The Morgan fingerprint density at radius 1 is 1.15 bits per heavy atom. The van der Waals surface area contributed by atoms with Crippen LogP contribution in [0.4, 0.5) is 14.5 Å². The summed E-state index contributed by atoms with van der Waals surface area (Å²) in [4.78, 5) is 26.8. The van der Waals surface area contributed by atoms with Crippen LogP contribution in [0.2, 0.25) is 5.02 Å². The molecule has 170 valence electrons. The number of Topliss-reactive ketones (excluding diaryl/α,β-unsaturated/α-hetero) is 1. The van der Waals surface area contributed by atoms with Crippen LogP contribution >= 0.6 is 11.6 Å². The first-order valence-electron chi connectivity index (χ1n) is 9.98. The number of rotatable bonds is 5. The number of aryl methyl sites for hydroxylation is 1. The van der Waals surface area contributed by atoms with E-state index in [1.165, 1.54) is 18.2 Å². The second-order valence-corrected chi connectivity index (χ2v) is 7.70. The molecule has 0 spiro atoms. The zero-order valence-corrected chi connectivity index (χ0v) is 18.3. The van der Waals surface area contributed by atoms with Gasteiger partial charge in [0, 0.05) is 11.6 Å². The maximum atomic E-state index is 14.7. The summed E-state index contributed by atoms with van der Waals surface area (Å²) in [5.41, 5.74) is -0.813. The molecule has 1 fully saturated rings. The van der Waals surface area contributed by atoms with Crippen molar-refractivity contribution in [2.45, 2.75) is 19.9 Å². The Balaban J connectivity index is 1.97. The first kappa shape index (κ1) is 22.5. The molecule has 0 saturated carbocycles. The van der Waals surface area contributed by atoms with Crippen LogP contribution in [0, 0.1) is 18.6 Å². The van der Waals surface area contributed by atoms with E-state index in [4.69, 9.17) is 20.8 Å². The van der Waals surface area contributed by atoms with E-state index in [0.29, 0.717) is 18.1 Å². The molecule has 1 unspecified atom stereocenters. The average Bonchev–Trinajstić information content (AvgIpc) is 3.32. The normalized spacial score (nSPS) is 17.6. The van der Waals surface area contributed by atoms with Crippen molar-refractivity contribution in [1.82, 2.24) is 0 Å². The second kappa shape index (κ2) is 8.71. The Morgan fingerprint density at radius 2 is 1.91 bits per heavy atom. The molecule has 1 saturated heterocycles. The van der Waals surface area contributed by atoms with Crippen LogP contribution < -0.4 is 9.64 Å². The Hall–Kier alpha value is -3.65. The molecular formula is C24H18ClF2NO5. The summed E-state index contributed by atoms with van der Waals surface area (Å²) < 4.78 is 39.7. The van der Waals surface area contributed by atoms with Crippen molar-refractivity contribution in [1.29, 1.82) is 0 Å². The number of hydrogen-bond donors (Lipinski definition) is 1. The van der Waals surface area contributed by atoms with Crippen LogP contribution in [0.15, 0.2) is 58.5 Å². The Labute approximate surface area is 192 Å².